The van der Waals surface area contributed by atoms with Gasteiger partial charge >= 0.3 is 0 Å². The first-order valence-electron chi connectivity index (χ1n) is 15.6. The minimum atomic E-state index is -0.423. The van der Waals surface area contributed by atoms with E-state index in [1.54, 1.807) is 18.0 Å². The first-order valence-corrected chi connectivity index (χ1v) is 15.6. The molecule has 2 amide bonds. The molecular weight excluding hydrogens is 529 g/mol. The van der Waals surface area contributed by atoms with Gasteiger partial charge in [0.15, 0.2) is 0 Å². The predicted octanol–water partition coefficient (Wildman–Crippen LogP) is 5.71. The molecule has 3 aromatic rings. The van der Waals surface area contributed by atoms with Crippen LogP contribution in [0.1, 0.15) is 68.4 Å². The summed E-state index contributed by atoms with van der Waals surface area (Å²) in [7, 11) is 1.76. The van der Waals surface area contributed by atoms with Crippen molar-refractivity contribution in [1.82, 2.24) is 24.3 Å². The van der Waals surface area contributed by atoms with Crippen LogP contribution >= 0.6 is 0 Å². The minimum Gasteiger partial charge on any atom is -0.342 e. The number of aryl methyl sites for hydroxylation is 1. The maximum atomic E-state index is 14.4. The van der Waals surface area contributed by atoms with Gasteiger partial charge in [-0.1, -0.05) is 13.8 Å². The first kappa shape index (κ1) is 30.2. The standard InChI is InChI=1S/C34H46FN5O2/c1-22(2)33(41)39-13-10-25(11-14-39)19-38-12-9-26(20-38)15-27-21-40(31-18-36-17-24(5)32(27)31)30-8-7-28(35)16-29(30)34(42)37(6)23(3)4/h7-8,16-18,21-23,25-26H,9-15,19-20H2,1-6H3/t26-/m1/s1. The van der Waals surface area contributed by atoms with Crippen LogP contribution in [0.2, 0.25) is 0 Å². The lowest BCUT2D eigenvalue weighted by Gasteiger charge is -2.34. The molecule has 0 N–H and O–H groups in total. The fraction of sp³-hybridized carbons (Fsp3) is 0.559. The van der Waals surface area contributed by atoms with Crippen molar-refractivity contribution in [2.75, 3.05) is 39.8 Å². The number of rotatable bonds is 8. The summed E-state index contributed by atoms with van der Waals surface area (Å²) in [6.07, 6.45) is 10.2. The molecule has 0 aliphatic carbocycles. The van der Waals surface area contributed by atoms with Crippen molar-refractivity contribution in [1.29, 1.82) is 0 Å². The number of amides is 2. The van der Waals surface area contributed by atoms with Crippen LogP contribution in [0.15, 0.2) is 36.8 Å². The Balaban J connectivity index is 1.33. The van der Waals surface area contributed by atoms with Gasteiger partial charge in [0, 0.05) is 63.0 Å². The van der Waals surface area contributed by atoms with Crippen LogP contribution < -0.4 is 0 Å². The number of carbonyl (C=O) groups is 2. The van der Waals surface area contributed by atoms with Gasteiger partial charge in [-0.05, 0) is 94.2 Å². The molecule has 0 bridgehead atoms. The lowest BCUT2D eigenvalue weighted by molar-refractivity contribution is -0.135. The number of carbonyl (C=O) groups excluding carboxylic acids is 2. The summed E-state index contributed by atoms with van der Waals surface area (Å²) in [6.45, 7) is 15.0. The Morgan fingerprint density at radius 3 is 2.45 bits per heavy atom. The van der Waals surface area contributed by atoms with E-state index in [9.17, 15) is 14.0 Å². The zero-order valence-electron chi connectivity index (χ0n) is 26.1. The quantitative estimate of drug-likeness (QED) is 0.345. The molecule has 2 saturated heterocycles. The Kier molecular flexibility index (Phi) is 9.02. The summed E-state index contributed by atoms with van der Waals surface area (Å²) < 4.78 is 16.5. The number of likely N-dealkylation sites (tertiary alicyclic amines) is 2. The molecule has 2 fully saturated rings. The van der Waals surface area contributed by atoms with Gasteiger partial charge in [0.25, 0.3) is 5.91 Å². The molecule has 0 saturated carbocycles. The average Bonchev–Trinajstić information content (AvgIpc) is 3.57. The molecule has 4 heterocycles. The normalized spacial score (nSPS) is 18.5. The summed E-state index contributed by atoms with van der Waals surface area (Å²) in [5.41, 5.74) is 4.32. The van der Waals surface area contributed by atoms with Gasteiger partial charge in [0.1, 0.15) is 5.82 Å². The highest BCUT2D eigenvalue weighted by atomic mass is 19.1. The van der Waals surface area contributed by atoms with Crippen LogP contribution in [-0.2, 0) is 11.2 Å². The number of hydrogen-bond donors (Lipinski definition) is 0. The summed E-state index contributed by atoms with van der Waals surface area (Å²) in [5.74, 6) is 0.920. The van der Waals surface area contributed by atoms with Crippen molar-refractivity contribution >= 4 is 22.7 Å². The van der Waals surface area contributed by atoms with Crippen LogP contribution in [-0.4, -0.2) is 81.9 Å². The van der Waals surface area contributed by atoms with E-state index in [1.165, 1.54) is 23.1 Å². The molecule has 226 valence electrons. The third-order valence-electron chi connectivity index (χ3n) is 9.34. The molecule has 1 aromatic carbocycles. The molecular formula is C34H46FN5O2. The maximum absolute atomic E-state index is 14.4. The van der Waals surface area contributed by atoms with Gasteiger partial charge in [-0.2, -0.15) is 0 Å². The van der Waals surface area contributed by atoms with E-state index < -0.39 is 5.82 Å². The van der Waals surface area contributed by atoms with E-state index in [4.69, 9.17) is 0 Å². The highest BCUT2D eigenvalue weighted by molar-refractivity contribution is 5.99. The number of aromatic nitrogens is 2. The molecule has 5 rings (SSSR count). The van der Waals surface area contributed by atoms with Gasteiger partial charge in [-0.3, -0.25) is 14.6 Å². The van der Waals surface area contributed by atoms with E-state index in [0.717, 1.165) is 69.5 Å². The number of piperidine rings is 1. The highest BCUT2D eigenvalue weighted by Gasteiger charge is 2.30. The first-order chi connectivity index (χ1) is 20.0. The van der Waals surface area contributed by atoms with E-state index in [2.05, 4.69) is 23.0 Å². The SMILES string of the molecule is Cc1cncc2c1c(C[C@H]1CCN(CC3CCN(C(=O)C(C)C)CC3)C1)cn2-c1ccc(F)cc1C(=O)N(C)C(C)C. The zero-order chi connectivity index (χ0) is 30.1. The second-order valence-corrected chi connectivity index (χ2v) is 13.1. The van der Waals surface area contributed by atoms with Gasteiger partial charge in [-0.25, -0.2) is 4.39 Å². The van der Waals surface area contributed by atoms with Crippen molar-refractivity contribution in [2.24, 2.45) is 17.8 Å². The van der Waals surface area contributed by atoms with E-state index in [-0.39, 0.29) is 23.8 Å². The van der Waals surface area contributed by atoms with Crippen molar-refractivity contribution in [3.05, 3.63) is 59.3 Å². The van der Waals surface area contributed by atoms with Gasteiger partial charge in [0.05, 0.1) is 23.0 Å². The van der Waals surface area contributed by atoms with Crippen molar-refractivity contribution < 1.29 is 14.0 Å². The number of nitrogens with zero attached hydrogens (tertiary/aromatic N) is 5. The van der Waals surface area contributed by atoms with Crippen molar-refractivity contribution in [3.63, 3.8) is 0 Å². The lowest BCUT2D eigenvalue weighted by atomic mass is 9.95. The Morgan fingerprint density at radius 1 is 1.05 bits per heavy atom. The fourth-order valence-electron chi connectivity index (χ4n) is 6.73. The molecule has 7 nitrogen and oxygen atoms in total. The average molecular weight is 576 g/mol. The van der Waals surface area contributed by atoms with Crippen LogP contribution in [0, 0.1) is 30.5 Å². The van der Waals surface area contributed by atoms with Crippen LogP contribution in [0.3, 0.4) is 0 Å². The molecule has 1 atom stereocenters. The van der Waals surface area contributed by atoms with Crippen LogP contribution in [0.25, 0.3) is 16.6 Å². The summed E-state index contributed by atoms with van der Waals surface area (Å²) in [4.78, 5) is 36.6. The third kappa shape index (κ3) is 6.24. The molecule has 0 unspecified atom stereocenters. The van der Waals surface area contributed by atoms with E-state index in [0.29, 0.717) is 23.1 Å². The van der Waals surface area contributed by atoms with Gasteiger partial charge in [-0.15, -0.1) is 0 Å². The van der Waals surface area contributed by atoms with E-state index >= 15 is 0 Å². The summed E-state index contributed by atoms with van der Waals surface area (Å²) in [6, 6.07) is 4.48. The summed E-state index contributed by atoms with van der Waals surface area (Å²) in [5, 5.41) is 1.17. The fourth-order valence-corrected chi connectivity index (χ4v) is 6.73. The molecule has 0 spiro atoms. The Hall–Kier alpha value is -3.26. The Bertz CT molecular complexity index is 1440. The molecule has 2 aliphatic rings. The van der Waals surface area contributed by atoms with Gasteiger partial charge in [0.2, 0.25) is 5.91 Å². The van der Waals surface area contributed by atoms with Gasteiger partial charge < -0.3 is 19.3 Å². The Morgan fingerprint density at radius 2 is 1.76 bits per heavy atom. The molecule has 2 aliphatic heterocycles. The number of pyridine rings is 1. The number of hydrogen-bond acceptors (Lipinski definition) is 4. The lowest BCUT2D eigenvalue weighted by Crippen LogP contribution is -2.42. The number of fused-ring (bicyclic) bond motifs is 1. The predicted molar refractivity (Wildman–Crippen MR) is 165 cm³/mol. The second kappa shape index (κ2) is 12.5. The topological polar surface area (TPSA) is 61.7 Å². The maximum Gasteiger partial charge on any atom is 0.256 e. The van der Waals surface area contributed by atoms with Crippen LogP contribution in [0.5, 0.6) is 0 Å². The number of halogens is 1. The van der Waals surface area contributed by atoms with Crippen molar-refractivity contribution in [3.8, 4) is 5.69 Å². The molecule has 42 heavy (non-hydrogen) atoms. The molecule has 8 heteroatoms. The Labute approximate surface area is 249 Å². The second-order valence-electron chi connectivity index (χ2n) is 13.1. The van der Waals surface area contributed by atoms with Crippen LogP contribution in [0.4, 0.5) is 4.39 Å². The highest BCUT2D eigenvalue weighted by Crippen LogP contribution is 2.33. The summed E-state index contributed by atoms with van der Waals surface area (Å²) >= 11 is 0. The molecule has 0 radical (unpaired) electrons. The van der Waals surface area contributed by atoms with E-state index in [1.807, 2.05) is 49.6 Å². The van der Waals surface area contributed by atoms with Crippen molar-refractivity contribution in [2.45, 2.75) is 66.3 Å². The largest absolute Gasteiger partial charge is 0.342 e. The monoisotopic (exact) mass is 575 g/mol. The minimum absolute atomic E-state index is 0.00474. The number of benzene rings is 1. The third-order valence-corrected chi connectivity index (χ3v) is 9.34. The smallest absolute Gasteiger partial charge is 0.256 e. The molecule has 2 aromatic heterocycles. The zero-order valence-corrected chi connectivity index (χ0v) is 26.1.